The maximum absolute atomic E-state index is 12.3. The summed E-state index contributed by atoms with van der Waals surface area (Å²) in [4.78, 5) is 46.7. The molecule has 0 unspecified atom stereocenters. The summed E-state index contributed by atoms with van der Waals surface area (Å²) in [6.07, 6.45) is 9.95. The number of amides is 1. The van der Waals surface area contributed by atoms with Gasteiger partial charge in [-0.15, -0.1) is 0 Å². The summed E-state index contributed by atoms with van der Waals surface area (Å²) in [7, 11) is 0. The molecule has 0 aliphatic rings. The van der Waals surface area contributed by atoms with Crippen LogP contribution >= 0.6 is 0 Å². The van der Waals surface area contributed by atoms with E-state index >= 15 is 0 Å². The number of carbonyl (C=O) groups excluding carboxylic acids is 4. The van der Waals surface area contributed by atoms with Crippen LogP contribution in [-0.4, -0.2) is 66.3 Å². The van der Waals surface area contributed by atoms with Crippen LogP contribution in [-0.2, 0) is 19.2 Å². The van der Waals surface area contributed by atoms with E-state index < -0.39 is 37.5 Å². The van der Waals surface area contributed by atoms with E-state index in [0.29, 0.717) is 6.42 Å². The van der Waals surface area contributed by atoms with E-state index in [1.54, 1.807) is 0 Å². The predicted octanol–water partition coefficient (Wildman–Crippen LogP) is -1.71. The third kappa shape index (κ3) is 16.5. The van der Waals surface area contributed by atoms with Crippen LogP contribution in [0.4, 0.5) is 0 Å². The van der Waals surface area contributed by atoms with Gasteiger partial charge >= 0.3 is 0 Å². The van der Waals surface area contributed by atoms with Crippen molar-refractivity contribution in [2.24, 2.45) is 0 Å². The lowest BCUT2D eigenvalue weighted by Crippen LogP contribution is -2.49. The molecule has 0 radical (unpaired) electrons. The van der Waals surface area contributed by atoms with Crippen molar-refractivity contribution < 1.29 is 34.5 Å². The van der Waals surface area contributed by atoms with Gasteiger partial charge in [0.2, 0.25) is 5.91 Å². The van der Waals surface area contributed by atoms with E-state index in [1.165, 1.54) is 32.1 Å². The van der Waals surface area contributed by atoms with Crippen LogP contribution in [0, 0.1) is 0 Å². The van der Waals surface area contributed by atoms with E-state index in [-0.39, 0.29) is 25.4 Å². The second-order valence-corrected chi connectivity index (χ2v) is 7.22. The Labute approximate surface area is 172 Å². The highest BCUT2D eigenvalue weighted by Gasteiger charge is 2.15. The van der Waals surface area contributed by atoms with Gasteiger partial charge in [0.05, 0.1) is 24.5 Å². The van der Waals surface area contributed by atoms with Gasteiger partial charge in [-0.25, -0.2) is 0 Å². The van der Waals surface area contributed by atoms with Gasteiger partial charge in [-0.2, -0.15) is 0 Å². The first kappa shape index (κ1) is 26.8. The first-order valence-electron chi connectivity index (χ1n) is 10.4. The number of nitrogens with zero attached hydrogens (tertiary/aromatic N) is 2. The fraction of sp³-hybridized carbons (Fsp3) is 0.800. The lowest BCUT2D eigenvalue weighted by molar-refractivity contribution is -0.311. The van der Waals surface area contributed by atoms with Crippen molar-refractivity contribution in [1.29, 1.82) is 0 Å². The van der Waals surface area contributed by atoms with E-state index in [0.717, 1.165) is 29.1 Å². The second kappa shape index (κ2) is 16.8. The van der Waals surface area contributed by atoms with Gasteiger partial charge in [0.15, 0.2) is 0 Å². The van der Waals surface area contributed by atoms with Gasteiger partial charge in [-0.3, -0.25) is 9.69 Å². The highest BCUT2D eigenvalue weighted by molar-refractivity contribution is 5.80. The zero-order valence-corrected chi connectivity index (χ0v) is 17.4. The molecule has 0 saturated carbocycles. The number of hydrogen-bond acceptors (Lipinski definition) is 8. The van der Waals surface area contributed by atoms with Crippen molar-refractivity contribution in [2.45, 2.75) is 71.1 Å². The molecule has 0 heterocycles. The SMILES string of the molecule is CCCCCCCCCCCC(=O)N(CCN(CC(=O)[O-])CC(=O)[O-])CC(=O)[O-]. The summed E-state index contributed by atoms with van der Waals surface area (Å²) in [5, 5.41) is 32.3. The zero-order valence-electron chi connectivity index (χ0n) is 17.4. The number of hydrogen-bond donors (Lipinski definition) is 0. The second-order valence-electron chi connectivity index (χ2n) is 7.22. The number of aliphatic carboxylic acids is 3. The van der Waals surface area contributed by atoms with Crippen LogP contribution in [0.3, 0.4) is 0 Å². The monoisotopic (exact) mass is 413 g/mol. The summed E-state index contributed by atoms with van der Waals surface area (Å²) in [6, 6.07) is 0. The Morgan fingerprint density at radius 3 is 1.52 bits per heavy atom. The Bertz CT molecular complexity index is 495. The highest BCUT2D eigenvalue weighted by Crippen LogP contribution is 2.11. The quantitative estimate of drug-likeness (QED) is 0.228. The molecule has 0 spiro atoms. The molecule has 0 N–H and O–H groups in total. The lowest BCUT2D eigenvalue weighted by atomic mass is 10.1. The molecule has 1 amide bonds. The average Bonchev–Trinajstić information content (AvgIpc) is 2.62. The third-order valence-corrected chi connectivity index (χ3v) is 4.56. The fourth-order valence-electron chi connectivity index (χ4n) is 3.03. The number of rotatable bonds is 19. The minimum Gasteiger partial charge on any atom is -0.549 e. The number of unbranched alkanes of at least 4 members (excludes halogenated alkanes) is 8. The van der Waals surface area contributed by atoms with E-state index in [2.05, 4.69) is 6.92 Å². The first-order valence-corrected chi connectivity index (χ1v) is 10.4. The molecule has 0 aromatic rings. The minimum absolute atomic E-state index is 0.120. The molecule has 0 aromatic carbocycles. The van der Waals surface area contributed by atoms with Crippen molar-refractivity contribution in [2.75, 3.05) is 32.7 Å². The third-order valence-electron chi connectivity index (χ3n) is 4.56. The standard InChI is InChI=1S/C20H36N2O7/c1-2-3-4-5-6-7-8-9-10-11-17(23)22(16-20(28)29)13-12-21(14-18(24)25)15-19(26)27/h2-16H2,1H3,(H,24,25)(H,26,27)(H,28,29)/p-3. The largest absolute Gasteiger partial charge is 0.549 e. The summed E-state index contributed by atoms with van der Waals surface area (Å²) in [5.41, 5.74) is 0. The van der Waals surface area contributed by atoms with Gasteiger partial charge in [0.25, 0.3) is 0 Å². The summed E-state index contributed by atoms with van der Waals surface area (Å²) < 4.78 is 0. The van der Waals surface area contributed by atoms with Gasteiger partial charge < -0.3 is 34.6 Å². The maximum Gasteiger partial charge on any atom is 0.222 e. The zero-order chi connectivity index (χ0) is 22.1. The molecule has 0 atom stereocenters. The van der Waals surface area contributed by atoms with Crippen molar-refractivity contribution in [3.63, 3.8) is 0 Å². The topological polar surface area (TPSA) is 144 Å². The molecule has 0 aliphatic carbocycles. The molecule has 9 heteroatoms. The number of carbonyl (C=O) groups is 4. The predicted molar refractivity (Wildman–Crippen MR) is 99.9 cm³/mol. The Kier molecular flexibility index (Phi) is 15.5. The Hall–Kier alpha value is -2.16. The van der Waals surface area contributed by atoms with Crippen LogP contribution in [0.2, 0.25) is 0 Å². The van der Waals surface area contributed by atoms with Crippen LogP contribution < -0.4 is 15.3 Å². The molecule has 0 aromatic heterocycles. The molecular formula is C20H33N2O7-3. The summed E-state index contributed by atoms with van der Waals surface area (Å²) >= 11 is 0. The van der Waals surface area contributed by atoms with Crippen LogP contribution in [0.15, 0.2) is 0 Å². The van der Waals surface area contributed by atoms with Crippen LogP contribution in [0.25, 0.3) is 0 Å². The molecule has 9 nitrogen and oxygen atoms in total. The number of carboxylic acids is 3. The first-order chi connectivity index (χ1) is 13.8. The van der Waals surface area contributed by atoms with Gasteiger partial charge in [-0.1, -0.05) is 58.3 Å². The van der Waals surface area contributed by atoms with Gasteiger partial charge in [0.1, 0.15) is 0 Å². The molecule has 29 heavy (non-hydrogen) atoms. The molecule has 0 fully saturated rings. The number of carboxylic acid groups (broad SMARTS) is 3. The summed E-state index contributed by atoms with van der Waals surface area (Å²) in [5.74, 6) is -4.76. The Morgan fingerprint density at radius 1 is 0.621 bits per heavy atom. The fourth-order valence-corrected chi connectivity index (χ4v) is 3.03. The minimum atomic E-state index is -1.47. The van der Waals surface area contributed by atoms with E-state index in [4.69, 9.17) is 0 Å². The van der Waals surface area contributed by atoms with E-state index in [1.807, 2.05) is 0 Å². The van der Waals surface area contributed by atoms with Crippen molar-refractivity contribution in [1.82, 2.24) is 9.80 Å². The Balaban J connectivity index is 4.32. The maximum atomic E-state index is 12.3. The lowest BCUT2D eigenvalue weighted by Gasteiger charge is -2.28. The van der Waals surface area contributed by atoms with E-state index in [9.17, 15) is 34.5 Å². The van der Waals surface area contributed by atoms with Crippen molar-refractivity contribution in [3.05, 3.63) is 0 Å². The van der Waals surface area contributed by atoms with Crippen molar-refractivity contribution in [3.8, 4) is 0 Å². The molecule has 0 rings (SSSR count). The molecule has 0 bridgehead atoms. The normalized spacial score (nSPS) is 10.8. The highest BCUT2D eigenvalue weighted by atomic mass is 16.4. The molecule has 0 aliphatic heterocycles. The van der Waals surface area contributed by atoms with Crippen molar-refractivity contribution >= 4 is 23.8 Å². The summed E-state index contributed by atoms with van der Waals surface area (Å²) in [6.45, 7) is -0.00552. The van der Waals surface area contributed by atoms with Crippen LogP contribution in [0.5, 0.6) is 0 Å². The Morgan fingerprint density at radius 2 is 1.07 bits per heavy atom. The average molecular weight is 413 g/mol. The van der Waals surface area contributed by atoms with Gasteiger partial charge in [-0.05, 0) is 6.42 Å². The van der Waals surface area contributed by atoms with Gasteiger partial charge in [0, 0.05) is 32.6 Å². The molecule has 168 valence electrons. The smallest absolute Gasteiger partial charge is 0.222 e. The molecular weight excluding hydrogens is 380 g/mol. The molecule has 0 saturated heterocycles. The van der Waals surface area contributed by atoms with Crippen LogP contribution in [0.1, 0.15) is 71.1 Å².